The summed E-state index contributed by atoms with van der Waals surface area (Å²) in [6.45, 7) is 3.61. The Bertz CT molecular complexity index is 346. The highest BCUT2D eigenvalue weighted by Gasteiger charge is 1.97. The van der Waals surface area contributed by atoms with Crippen LogP contribution in [0.4, 0.5) is 0 Å². The van der Waals surface area contributed by atoms with Crippen LogP contribution in [0.2, 0.25) is 0 Å². The number of ether oxygens (including phenoxy) is 1. The smallest absolute Gasteiger partial charge is 0.104 e. The number of aliphatic hydroxyl groups excluding tert-OH is 1. The van der Waals surface area contributed by atoms with Crippen molar-refractivity contribution in [1.29, 1.82) is 0 Å². The van der Waals surface area contributed by atoms with Crippen LogP contribution in [-0.2, 0) is 11.3 Å². The molecule has 0 aliphatic carbocycles. The van der Waals surface area contributed by atoms with Gasteiger partial charge in [0, 0.05) is 22.4 Å². The van der Waals surface area contributed by atoms with Gasteiger partial charge in [0.2, 0.25) is 0 Å². The van der Waals surface area contributed by atoms with Gasteiger partial charge in [-0.15, -0.1) is 11.3 Å². The van der Waals surface area contributed by atoms with E-state index < -0.39 is 0 Å². The molecule has 0 aromatic carbocycles. The number of hydrogen-bond acceptors (Lipinski definition) is 3. The number of thiophene rings is 1. The predicted molar refractivity (Wildman–Crippen MR) is 67.5 cm³/mol. The summed E-state index contributed by atoms with van der Waals surface area (Å²) in [5, 5.41) is 10.6. The van der Waals surface area contributed by atoms with Crippen molar-refractivity contribution in [2.45, 2.75) is 32.8 Å². The molecule has 0 saturated carbocycles. The lowest BCUT2D eigenvalue weighted by Gasteiger charge is -2.00. The van der Waals surface area contributed by atoms with E-state index in [1.165, 1.54) is 17.7 Å². The van der Waals surface area contributed by atoms with E-state index in [0.29, 0.717) is 6.61 Å². The minimum absolute atomic E-state index is 0.0846. The summed E-state index contributed by atoms with van der Waals surface area (Å²) in [7, 11) is 0. The van der Waals surface area contributed by atoms with E-state index in [-0.39, 0.29) is 6.61 Å². The van der Waals surface area contributed by atoms with Crippen LogP contribution in [0, 0.1) is 11.8 Å². The van der Waals surface area contributed by atoms with Crippen LogP contribution in [-0.4, -0.2) is 18.3 Å². The second kappa shape index (κ2) is 8.35. The van der Waals surface area contributed by atoms with Crippen molar-refractivity contribution in [1.82, 2.24) is 0 Å². The molecule has 0 atom stereocenters. The van der Waals surface area contributed by atoms with E-state index >= 15 is 0 Å². The molecule has 0 aliphatic heterocycles. The topological polar surface area (TPSA) is 29.5 Å². The molecule has 0 radical (unpaired) electrons. The third-order valence-corrected chi connectivity index (χ3v) is 3.01. The molecule has 0 bridgehead atoms. The van der Waals surface area contributed by atoms with Crippen LogP contribution >= 0.6 is 11.3 Å². The first kappa shape index (κ1) is 13.2. The second-order valence-corrected chi connectivity index (χ2v) is 4.52. The summed E-state index contributed by atoms with van der Waals surface area (Å²) < 4.78 is 5.55. The third kappa shape index (κ3) is 5.32. The Morgan fingerprint density at radius 2 is 2.31 bits per heavy atom. The molecule has 0 fully saturated rings. The normalized spacial score (nSPS) is 9.88. The Balaban J connectivity index is 2.24. The largest absolute Gasteiger partial charge is 0.384 e. The fraction of sp³-hybridized carbons (Fsp3) is 0.538. The third-order valence-electron chi connectivity index (χ3n) is 2.10. The van der Waals surface area contributed by atoms with Crippen LogP contribution in [0.25, 0.3) is 0 Å². The molecule has 0 saturated heterocycles. The molecule has 1 rings (SSSR count). The Morgan fingerprint density at radius 1 is 1.44 bits per heavy atom. The lowest BCUT2D eigenvalue weighted by molar-refractivity contribution is 0.119. The van der Waals surface area contributed by atoms with Gasteiger partial charge in [-0.3, -0.25) is 0 Å². The molecule has 88 valence electrons. The van der Waals surface area contributed by atoms with Gasteiger partial charge in [0.1, 0.15) is 6.61 Å². The van der Waals surface area contributed by atoms with Gasteiger partial charge in [0.25, 0.3) is 0 Å². The fourth-order valence-electron chi connectivity index (χ4n) is 1.29. The molecule has 0 amide bonds. The molecule has 0 aliphatic rings. The highest BCUT2D eigenvalue weighted by molar-refractivity contribution is 7.10. The fourth-order valence-corrected chi connectivity index (χ4v) is 2.04. The Hall–Kier alpha value is -0.820. The van der Waals surface area contributed by atoms with Crippen molar-refractivity contribution in [3.8, 4) is 11.8 Å². The number of hydrogen-bond donors (Lipinski definition) is 1. The van der Waals surface area contributed by atoms with Crippen LogP contribution < -0.4 is 0 Å². The summed E-state index contributed by atoms with van der Waals surface area (Å²) in [5.74, 6) is 5.51. The zero-order valence-corrected chi connectivity index (χ0v) is 10.5. The maximum Gasteiger partial charge on any atom is 0.104 e. The lowest BCUT2D eigenvalue weighted by atomic mass is 10.3. The molecular weight excluding hydrogens is 220 g/mol. The Labute approximate surface area is 101 Å². The predicted octanol–water partition coefficient (Wildman–Crippen LogP) is 2.80. The first-order valence-corrected chi connectivity index (χ1v) is 6.49. The average molecular weight is 238 g/mol. The molecule has 1 heterocycles. The molecule has 16 heavy (non-hydrogen) atoms. The van der Waals surface area contributed by atoms with Crippen LogP contribution in [0.3, 0.4) is 0 Å². The molecule has 3 heteroatoms. The number of unbranched alkanes of at least 4 members (excludes halogenated alkanes) is 2. The van der Waals surface area contributed by atoms with Crippen molar-refractivity contribution < 1.29 is 9.84 Å². The SMILES string of the molecule is CCCCCOCc1cc(C#CCO)cs1. The summed E-state index contributed by atoms with van der Waals surface area (Å²) >= 11 is 1.65. The van der Waals surface area contributed by atoms with Gasteiger partial charge in [0.05, 0.1) is 6.61 Å². The van der Waals surface area contributed by atoms with E-state index in [1.807, 2.05) is 11.4 Å². The lowest BCUT2D eigenvalue weighted by Crippen LogP contribution is -1.93. The van der Waals surface area contributed by atoms with Gasteiger partial charge in [-0.2, -0.15) is 0 Å². The molecule has 1 aromatic rings. The maximum atomic E-state index is 8.56. The summed E-state index contributed by atoms with van der Waals surface area (Å²) in [6, 6.07) is 2.02. The summed E-state index contributed by atoms with van der Waals surface area (Å²) in [5.41, 5.74) is 0.964. The van der Waals surface area contributed by atoms with E-state index in [1.54, 1.807) is 11.3 Å². The van der Waals surface area contributed by atoms with Crippen molar-refractivity contribution >= 4 is 11.3 Å². The van der Waals surface area contributed by atoms with Crippen LogP contribution in [0.1, 0.15) is 36.6 Å². The molecule has 0 spiro atoms. The molecular formula is C13H18O2S. The van der Waals surface area contributed by atoms with Crippen molar-refractivity contribution in [2.75, 3.05) is 13.2 Å². The van der Waals surface area contributed by atoms with Crippen LogP contribution in [0.15, 0.2) is 11.4 Å². The van der Waals surface area contributed by atoms with Gasteiger partial charge in [0.15, 0.2) is 0 Å². The highest BCUT2D eigenvalue weighted by atomic mass is 32.1. The Morgan fingerprint density at radius 3 is 3.06 bits per heavy atom. The Kier molecular flexibility index (Phi) is 6.91. The van der Waals surface area contributed by atoms with Crippen molar-refractivity contribution in [2.24, 2.45) is 0 Å². The average Bonchev–Trinajstić information content (AvgIpc) is 2.74. The molecule has 1 N–H and O–H groups in total. The summed E-state index contributed by atoms with van der Waals surface area (Å²) in [4.78, 5) is 1.19. The minimum Gasteiger partial charge on any atom is -0.384 e. The van der Waals surface area contributed by atoms with Crippen LogP contribution in [0.5, 0.6) is 0 Å². The first-order chi connectivity index (χ1) is 7.86. The van der Waals surface area contributed by atoms with Gasteiger partial charge in [-0.1, -0.05) is 31.6 Å². The van der Waals surface area contributed by atoms with E-state index in [4.69, 9.17) is 9.84 Å². The second-order valence-electron chi connectivity index (χ2n) is 3.52. The zero-order chi connectivity index (χ0) is 11.6. The van der Waals surface area contributed by atoms with E-state index in [9.17, 15) is 0 Å². The quantitative estimate of drug-likeness (QED) is 0.610. The number of aliphatic hydroxyl groups is 1. The van der Waals surface area contributed by atoms with Gasteiger partial charge < -0.3 is 9.84 Å². The van der Waals surface area contributed by atoms with E-state index in [2.05, 4.69) is 18.8 Å². The minimum atomic E-state index is -0.0846. The molecule has 0 unspecified atom stereocenters. The van der Waals surface area contributed by atoms with Gasteiger partial charge >= 0.3 is 0 Å². The highest BCUT2D eigenvalue weighted by Crippen LogP contribution is 2.15. The van der Waals surface area contributed by atoms with E-state index in [0.717, 1.165) is 18.6 Å². The standard InChI is InChI=1S/C13H18O2S/c1-2-3-4-8-15-10-13-9-12(11-16-13)6-5-7-14/h9,11,14H,2-4,7-8,10H2,1H3. The first-order valence-electron chi connectivity index (χ1n) is 5.61. The molecule has 2 nitrogen and oxygen atoms in total. The summed E-state index contributed by atoms with van der Waals surface area (Å²) in [6.07, 6.45) is 3.60. The van der Waals surface area contributed by atoms with Gasteiger partial charge in [-0.25, -0.2) is 0 Å². The number of rotatable bonds is 6. The van der Waals surface area contributed by atoms with Gasteiger partial charge in [-0.05, 0) is 12.5 Å². The maximum absolute atomic E-state index is 8.56. The van der Waals surface area contributed by atoms with Crippen molar-refractivity contribution in [3.63, 3.8) is 0 Å². The monoisotopic (exact) mass is 238 g/mol. The zero-order valence-electron chi connectivity index (χ0n) is 9.66. The van der Waals surface area contributed by atoms with Crippen molar-refractivity contribution in [3.05, 3.63) is 21.9 Å². The molecule has 1 aromatic heterocycles.